The van der Waals surface area contributed by atoms with Crippen molar-refractivity contribution in [1.82, 2.24) is 9.80 Å². The van der Waals surface area contributed by atoms with Crippen LogP contribution < -0.4 is 5.32 Å². The van der Waals surface area contributed by atoms with Crippen molar-refractivity contribution >= 4 is 23.2 Å². The SMILES string of the molecule is CN(C)Cc1cc(Cl)cc2c1NC(C(=O)N1CCC3(CC1)OCc1ccccc13)C2. The van der Waals surface area contributed by atoms with E-state index < -0.39 is 0 Å². The number of rotatable bonds is 3. The van der Waals surface area contributed by atoms with Gasteiger partial charge in [-0.2, -0.15) is 0 Å². The maximum Gasteiger partial charge on any atom is 0.245 e. The summed E-state index contributed by atoms with van der Waals surface area (Å²) in [4.78, 5) is 17.4. The van der Waals surface area contributed by atoms with E-state index in [1.807, 2.05) is 31.1 Å². The van der Waals surface area contributed by atoms with Gasteiger partial charge in [-0.3, -0.25) is 4.79 Å². The topological polar surface area (TPSA) is 44.8 Å². The molecule has 5 rings (SSSR count). The molecule has 1 spiro atoms. The van der Waals surface area contributed by atoms with E-state index in [-0.39, 0.29) is 17.6 Å². The number of nitrogens with one attached hydrogen (secondary N) is 1. The molecule has 6 heteroatoms. The van der Waals surface area contributed by atoms with Gasteiger partial charge in [0.2, 0.25) is 5.91 Å². The van der Waals surface area contributed by atoms with Crippen molar-refractivity contribution in [3.8, 4) is 0 Å². The fourth-order valence-electron chi connectivity index (χ4n) is 5.24. The smallest absolute Gasteiger partial charge is 0.245 e. The van der Waals surface area contributed by atoms with Gasteiger partial charge in [-0.05, 0) is 61.3 Å². The van der Waals surface area contributed by atoms with Crippen LogP contribution in [0.1, 0.15) is 35.1 Å². The molecule has 3 aliphatic heterocycles. The number of carbonyl (C=O) groups is 1. The predicted molar refractivity (Wildman–Crippen MR) is 119 cm³/mol. The summed E-state index contributed by atoms with van der Waals surface area (Å²) < 4.78 is 6.25. The van der Waals surface area contributed by atoms with Gasteiger partial charge in [-0.25, -0.2) is 0 Å². The number of hydrogen-bond acceptors (Lipinski definition) is 4. The van der Waals surface area contributed by atoms with Gasteiger partial charge in [0.1, 0.15) is 6.04 Å². The van der Waals surface area contributed by atoms with Gasteiger partial charge in [0, 0.05) is 36.8 Å². The number of ether oxygens (including phenoxy) is 1. The van der Waals surface area contributed by atoms with Gasteiger partial charge in [0.05, 0.1) is 12.2 Å². The van der Waals surface area contributed by atoms with Crippen LogP contribution in [0.25, 0.3) is 0 Å². The van der Waals surface area contributed by atoms with Gasteiger partial charge in [-0.15, -0.1) is 0 Å². The molecule has 0 saturated carbocycles. The summed E-state index contributed by atoms with van der Waals surface area (Å²) in [6.07, 6.45) is 2.40. The Labute approximate surface area is 182 Å². The minimum atomic E-state index is -0.217. The van der Waals surface area contributed by atoms with Gasteiger partial charge in [-0.1, -0.05) is 35.9 Å². The summed E-state index contributed by atoms with van der Waals surface area (Å²) in [6, 6.07) is 12.3. The maximum absolute atomic E-state index is 13.3. The molecule has 0 bridgehead atoms. The van der Waals surface area contributed by atoms with Crippen LogP contribution in [0.5, 0.6) is 0 Å². The van der Waals surface area contributed by atoms with Crippen LogP contribution >= 0.6 is 11.6 Å². The number of halogens is 1. The largest absolute Gasteiger partial charge is 0.373 e. The van der Waals surface area contributed by atoms with Gasteiger partial charge < -0.3 is 19.9 Å². The molecule has 30 heavy (non-hydrogen) atoms. The van der Waals surface area contributed by atoms with Crippen molar-refractivity contribution < 1.29 is 9.53 Å². The summed E-state index contributed by atoms with van der Waals surface area (Å²) >= 11 is 6.34. The summed E-state index contributed by atoms with van der Waals surface area (Å²) in [6.45, 7) is 2.93. The van der Waals surface area contributed by atoms with Crippen molar-refractivity contribution in [2.45, 2.75) is 44.1 Å². The van der Waals surface area contributed by atoms with Crippen molar-refractivity contribution in [2.24, 2.45) is 0 Å². The molecule has 1 amide bonds. The van der Waals surface area contributed by atoms with E-state index in [1.54, 1.807) is 0 Å². The molecule has 3 aliphatic rings. The molecule has 1 fully saturated rings. The molecular weight excluding hydrogens is 398 g/mol. The third-order valence-corrected chi connectivity index (χ3v) is 6.91. The van der Waals surface area contributed by atoms with Crippen LogP contribution in [0.3, 0.4) is 0 Å². The Morgan fingerprint density at radius 2 is 2.00 bits per heavy atom. The molecule has 2 aromatic carbocycles. The standard InChI is InChI=1S/C24H28ClN3O2/c1-27(2)14-18-12-19(25)11-17-13-21(26-22(17)18)23(29)28-9-7-24(8-10-28)20-6-4-3-5-16(20)15-30-24/h3-6,11-12,21,26H,7-10,13-15H2,1-2H3. The lowest BCUT2D eigenvalue weighted by molar-refractivity contribution is -0.139. The summed E-state index contributed by atoms with van der Waals surface area (Å²) in [5.41, 5.74) is 5.74. The van der Waals surface area contributed by atoms with Crippen LogP contribution in [0.2, 0.25) is 5.02 Å². The quantitative estimate of drug-likeness (QED) is 0.812. The highest BCUT2D eigenvalue weighted by atomic mass is 35.5. The molecule has 1 saturated heterocycles. The molecule has 1 unspecified atom stereocenters. The fraction of sp³-hybridized carbons (Fsp3) is 0.458. The minimum absolute atomic E-state index is 0.180. The lowest BCUT2D eigenvalue weighted by Crippen LogP contribution is -2.49. The molecule has 1 atom stereocenters. The second-order valence-corrected chi connectivity index (χ2v) is 9.44. The first kappa shape index (κ1) is 19.9. The van der Waals surface area contributed by atoms with Crippen LogP contribution in [-0.2, 0) is 34.7 Å². The zero-order chi connectivity index (χ0) is 20.9. The minimum Gasteiger partial charge on any atom is -0.373 e. The van der Waals surface area contributed by atoms with Crippen molar-refractivity contribution in [3.05, 3.63) is 63.7 Å². The van der Waals surface area contributed by atoms with Crippen molar-refractivity contribution in [3.63, 3.8) is 0 Å². The Bertz CT molecular complexity index is 982. The Morgan fingerprint density at radius 1 is 1.23 bits per heavy atom. The zero-order valence-corrected chi connectivity index (χ0v) is 18.3. The average Bonchev–Trinajstić information content (AvgIpc) is 3.30. The highest BCUT2D eigenvalue weighted by Gasteiger charge is 2.44. The van der Waals surface area contributed by atoms with E-state index in [4.69, 9.17) is 16.3 Å². The monoisotopic (exact) mass is 425 g/mol. The molecule has 0 aromatic heterocycles. The second-order valence-electron chi connectivity index (χ2n) is 9.00. The van der Waals surface area contributed by atoms with Crippen LogP contribution in [-0.4, -0.2) is 48.9 Å². The summed E-state index contributed by atoms with van der Waals surface area (Å²) in [5.74, 6) is 0.180. The molecule has 3 heterocycles. The molecule has 1 N–H and O–H groups in total. The predicted octanol–water partition coefficient (Wildman–Crippen LogP) is 3.79. The number of nitrogens with zero attached hydrogens (tertiary/aromatic N) is 2. The summed E-state index contributed by atoms with van der Waals surface area (Å²) in [7, 11) is 4.08. The van der Waals surface area contributed by atoms with E-state index in [9.17, 15) is 4.79 Å². The number of hydrogen-bond donors (Lipinski definition) is 1. The molecule has 0 aliphatic carbocycles. The number of amides is 1. The Kier molecular flexibility index (Phi) is 5.00. The number of benzene rings is 2. The fourth-order valence-corrected chi connectivity index (χ4v) is 5.50. The van der Waals surface area contributed by atoms with Gasteiger partial charge >= 0.3 is 0 Å². The van der Waals surface area contributed by atoms with E-state index in [0.29, 0.717) is 13.0 Å². The Morgan fingerprint density at radius 3 is 2.77 bits per heavy atom. The normalized spacial score (nSPS) is 21.6. The second kappa shape index (κ2) is 7.56. The maximum atomic E-state index is 13.3. The zero-order valence-electron chi connectivity index (χ0n) is 17.6. The molecule has 2 aromatic rings. The number of anilines is 1. The van der Waals surface area contributed by atoms with Crippen molar-refractivity contribution in [1.29, 1.82) is 0 Å². The van der Waals surface area contributed by atoms with Crippen LogP contribution in [0, 0.1) is 0 Å². The lowest BCUT2D eigenvalue weighted by Gasteiger charge is -2.40. The first-order chi connectivity index (χ1) is 14.4. The first-order valence-electron chi connectivity index (χ1n) is 10.7. The van der Waals surface area contributed by atoms with E-state index in [2.05, 4.69) is 34.5 Å². The average molecular weight is 426 g/mol. The highest BCUT2D eigenvalue weighted by molar-refractivity contribution is 6.30. The van der Waals surface area contributed by atoms with E-state index in [0.717, 1.165) is 54.3 Å². The number of likely N-dealkylation sites (tertiary alicyclic amines) is 1. The first-order valence-corrected chi connectivity index (χ1v) is 11.1. The lowest BCUT2D eigenvalue weighted by atomic mass is 9.83. The summed E-state index contributed by atoms with van der Waals surface area (Å²) in [5, 5.41) is 4.24. The van der Waals surface area contributed by atoms with Gasteiger partial charge in [0.15, 0.2) is 0 Å². The third kappa shape index (κ3) is 3.39. The van der Waals surface area contributed by atoms with E-state index in [1.165, 1.54) is 11.1 Å². The van der Waals surface area contributed by atoms with Crippen LogP contribution in [0.15, 0.2) is 36.4 Å². The molecule has 158 valence electrons. The molecular formula is C24H28ClN3O2. The van der Waals surface area contributed by atoms with Crippen LogP contribution in [0.4, 0.5) is 5.69 Å². The number of carbonyl (C=O) groups excluding carboxylic acids is 1. The highest BCUT2D eigenvalue weighted by Crippen LogP contribution is 2.44. The number of fused-ring (bicyclic) bond motifs is 3. The number of piperidine rings is 1. The third-order valence-electron chi connectivity index (χ3n) is 6.69. The Hall–Kier alpha value is -2.08. The molecule has 0 radical (unpaired) electrons. The van der Waals surface area contributed by atoms with Crippen molar-refractivity contribution in [2.75, 3.05) is 32.5 Å². The van der Waals surface area contributed by atoms with E-state index >= 15 is 0 Å². The Balaban J connectivity index is 1.28. The molecule has 5 nitrogen and oxygen atoms in total. The van der Waals surface area contributed by atoms with Gasteiger partial charge in [0.25, 0.3) is 0 Å².